The third kappa shape index (κ3) is 5.59. The quantitative estimate of drug-likeness (QED) is 0.164. The van der Waals surface area contributed by atoms with E-state index < -0.39 is 0 Å². The van der Waals surface area contributed by atoms with Crippen molar-refractivity contribution in [2.24, 2.45) is 0 Å². The summed E-state index contributed by atoms with van der Waals surface area (Å²) in [7, 11) is 0. The smallest absolute Gasteiger partial charge is 0.0476 e. The van der Waals surface area contributed by atoms with Crippen LogP contribution < -0.4 is 4.90 Å². The van der Waals surface area contributed by atoms with Gasteiger partial charge < -0.3 is 4.90 Å². The van der Waals surface area contributed by atoms with Crippen LogP contribution in [-0.4, -0.2) is 0 Å². The van der Waals surface area contributed by atoms with Gasteiger partial charge in [0.15, 0.2) is 0 Å². The number of fused-ring (bicyclic) bond motifs is 7. The molecule has 2 heteroatoms. The summed E-state index contributed by atoms with van der Waals surface area (Å²) in [6.07, 6.45) is 0. The normalized spacial score (nSPS) is 12.9. The molecule has 0 unspecified atom stereocenters. The number of benzene rings is 9. The second-order valence-electron chi connectivity index (χ2n) is 15.7. The van der Waals surface area contributed by atoms with E-state index in [1.54, 1.807) is 0 Å². The molecule has 57 heavy (non-hydrogen) atoms. The Morgan fingerprint density at radius 2 is 0.947 bits per heavy atom. The first-order chi connectivity index (χ1) is 28.0. The number of hydrogen-bond donors (Lipinski definition) is 0. The highest BCUT2D eigenvalue weighted by atomic mass is 32.1. The van der Waals surface area contributed by atoms with Crippen molar-refractivity contribution in [1.29, 1.82) is 0 Å². The molecule has 0 saturated heterocycles. The molecule has 0 radical (unpaired) electrons. The van der Waals surface area contributed by atoms with Gasteiger partial charge in [-0.1, -0.05) is 159 Å². The number of hydrogen-bond acceptors (Lipinski definition) is 2. The predicted molar refractivity (Wildman–Crippen MR) is 245 cm³/mol. The van der Waals surface area contributed by atoms with Crippen LogP contribution in [0.4, 0.5) is 17.1 Å². The van der Waals surface area contributed by atoms with Gasteiger partial charge >= 0.3 is 0 Å². The number of rotatable bonds is 6. The van der Waals surface area contributed by atoms with Gasteiger partial charge in [-0.15, -0.1) is 11.3 Å². The lowest BCUT2D eigenvalue weighted by Gasteiger charge is -2.27. The molecular formula is C55H39NS. The Balaban J connectivity index is 0.985. The standard InChI is InChI=1S/C55H39NS/c1-55(2)51-19-7-5-15-47(51)50-18-10-17-46(54(50)55)38-25-29-44(30-26-38)56(45-31-32-49-48-16-6-8-20-52(48)57-53(49)35-45)43-27-23-37(24-28-43)40-13-9-14-41(33-40)42-22-21-36-11-3-4-12-39(36)34-42/h3-35H,1-2H3. The summed E-state index contributed by atoms with van der Waals surface area (Å²) in [5, 5.41) is 5.14. The summed E-state index contributed by atoms with van der Waals surface area (Å²) >= 11 is 1.86. The summed E-state index contributed by atoms with van der Waals surface area (Å²) in [4.78, 5) is 2.40. The molecule has 9 aromatic carbocycles. The summed E-state index contributed by atoms with van der Waals surface area (Å²) in [6, 6.07) is 73.8. The first-order valence-corrected chi connectivity index (χ1v) is 20.6. The van der Waals surface area contributed by atoms with E-state index in [0.29, 0.717) is 0 Å². The van der Waals surface area contributed by atoms with Gasteiger partial charge in [-0.2, -0.15) is 0 Å². The van der Waals surface area contributed by atoms with Gasteiger partial charge in [0.05, 0.1) is 0 Å². The summed E-state index contributed by atoms with van der Waals surface area (Å²) < 4.78 is 2.61. The Morgan fingerprint density at radius 1 is 0.368 bits per heavy atom. The molecule has 10 aromatic rings. The zero-order chi connectivity index (χ0) is 38.1. The van der Waals surface area contributed by atoms with Crippen LogP contribution in [0.25, 0.3) is 75.5 Å². The molecule has 1 aliphatic rings. The zero-order valence-electron chi connectivity index (χ0n) is 31.9. The fraction of sp³-hybridized carbons (Fsp3) is 0.0545. The fourth-order valence-corrected chi connectivity index (χ4v) is 10.4. The van der Waals surface area contributed by atoms with Gasteiger partial charge in [0.25, 0.3) is 0 Å². The van der Waals surface area contributed by atoms with Gasteiger partial charge in [-0.25, -0.2) is 0 Å². The average Bonchev–Trinajstić information content (AvgIpc) is 3.75. The molecular weight excluding hydrogens is 707 g/mol. The molecule has 0 aliphatic heterocycles. The van der Waals surface area contributed by atoms with Crippen LogP contribution in [-0.2, 0) is 5.41 Å². The van der Waals surface area contributed by atoms with Gasteiger partial charge in [-0.05, 0) is 121 Å². The van der Waals surface area contributed by atoms with Crippen molar-refractivity contribution in [3.63, 3.8) is 0 Å². The van der Waals surface area contributed by atoms with Crippen LogP contribution >= 0.6 is 11.3 Å². The van der Waals surface area contributed by atoms with Crippen LogP contribution in [0.1, 0.15) is 25.0 Å². The molecule has 1 aromatic heterocycles. The third-order valence-corrected chi connectivity index (χ3v) is 13.2. The lowest BCUT2D eigenvalue weighted by Crippen LogP contribution is -2.16. The van der Waals surface area contributed by atoms with Crippen LogP contribution in [0.3, 0.4) is 0 Å². The minimum Gasteiger partial charge on any atom is -0.310 e. The highest BCUT2D eigenvalue weighted by Gasteiger charge is 2.37. The molecule has 0 amide bonds. The Morgan fingerprint density at radius 3 is 1.77 bits per heavy atom. The van der Waals surface area contributed by atoms with Gasteiger partial charge in [0.2, 0.25) is 0 Å². The minimum atomic E-state index is -0.0797. The molecule has 1 heterocycles. The highest BCUT2D eigenvalue weighted by Crippen LogP contribution is 2.52. The third-order valence-electron chi connectivity index (χ3n) is 12.0. The van der Waals surface area contributed by atoms with Crippen LogP contribution in [0.15, 0.2) is 200 Å². The molecule has 0 atom stereocenters. The largest absolute Gasteiger partial charge is 0.310 e. The lowest BCUT2D eigenvalue weighted by molar-refractivity contribution is 0.662. The van der Waals surface area contributed by atoms with Gasteiger partial charge in [-0.3, -0.25) is 0 Å². The molecule has 0 N–H and O–H groups in total. The van der Waals surface area contributed by atoms with E-state index in [2.05, 4.69) is 219 Å². The Kier molecular flexibility index (Phi) is 7.77. The van der Waals surface area contributed by atoms with E-state index in [0.717, 1.165) is 17.1 Å². The Bertz CT molecular complexity index is 3150. The summed E-state index contributed by atoms with van der Waals surface area (Å²) in [6.45, 7) is 4.73. The van der Waals surface area contributed by atoms with E-state index in [1.807, 2.05) is 11.3 Å². The van der Waals surface area contributed by atoms with E-state index in [1.165, 1.54) is 86.6 Å². The zero-order valence-corrected chi connectivity index (χ0v) is 32.7. The van der Waals surface area contributed by atoms with Crippen molar-refractivity contribution in [2.45, 2.75) is 19.3 Å². The van der Waals surface area contributed by atoms with Crippen molar-refractivity contribution in [3.05, 3.63) is 211 Å². The Hall–Kier alpha value is -6.74. The van der Waals surface area contributed by atoms with Crippen molar-refractivity contribution in [2.75, 3.05) is 4.90 Å². The van der Waals surface area contributed by atoms with Crippen LogP contribution in [0.5, 0.6) is 0 Å². The van der Waals surface area contributed by atoms with E-state index in [4.69, 9.17) is 0 Å². The van der Waals surface area contributed by atoms with Crippen LogP contribution in [0.2, 0.25) is 0 Å². The summed E-state index contributed by atoms with van der Waals surface area (Å²) in [5.74, 6) is 0. The molecule has 0 bridgehead atoms. The van der Waals surface area contributed by atoms with Gasteiger partial charge in [0.1, 0.15) is 0 Å². The monoisotopic (exact) mass is 745 g/mol. The lowest BCUT2D eigenvalue weighted by atomic mass is 9.79. The molecule has 0 spiro atoms. The molecule has 0 saturated carbocycles. The molecule has 0 fully saturated rings. The first kappa shape index (κ1) is 33.6. The Labute approximate surface area is 337 Å². The SMILES string of the molecule is CC1(C)c2ccccc2-c2cccc(-c3ccc(N(c4ccc(-c5cccc(-c6ccc7ccccc7c6)c5)cc4)c4ccc5c(c4)sc4ccccc45)cc3)c21. The second-order valence-corrected chi connectivity index (χ2v) is 16.8. The van der Waals surface area contributed by atoms with E-state index in [-0.39, 0.29) is 5.41 Å². The first-order valence-electron chi connectivity index (χ1n) is 19.7. The van der Waals surface area contributed by atoms with Crippen molar-refractivity contribution in [1.82, 2.24) is 0 Å². The molecule has 1 nitrogen and oxygen atoms in total. The molecule has 11 rings (SSSR count). The van der Waals surface area contributed by atoms with E-state index in [9.17, 15) is 0 Å². The highest BCUT2D eigenvalue weighted by molar-refractivity contribution is 7.25. The van der Waals surface area contributed by atoms with Crippen molar-refractivity contribution < 1.29 is 0 Å². The topological polar surface area (TPSA) is 3.24 Å². The van der Waals surface area contributed by atoms with Crippen molar-refractivity contribution >= 4 is 59.3 Å². The van der Waals surface area contributed by atoms with Gasteiger partial charge in [0, 0.05) is 42.6 Å². The average molecular weight is 746 g/mol. The fourth-order valence-electron chi connectivity index (χ4n) is 9.23. The number of anilines is 3. The molecule has 270 valence electrons. The molecule has 1 aliphatic carbocycles. The predicted octanol–water partition coefficient (Wildman–Crippen LogP) is 16.0. The number of nitrogens with zero attached hydrogens (tertiary/aromatic N) is 1. The van der Waals surface area contributed by atoms with Crippen LogP contribution in [0, 0.1) is 0 Å². The maximum Gasteiger partial charge on any atom is 0.0476 e. The second kappa shape index (κ2) is 13.2. The minimum absolute atomic E-state index is 0.0797. The van der Waals surface area contributed by atoms with E-state index >= 15 is 0 Å². The van der Waals surface area contributed by atoms with Crippen molar-refractivity contribution in [3.8, 4) is 44.5 Å². The number of thiophene rings is 1. The maximum absolute atomic E-state index is 2.40. The summed E-state index contributed by atoms with van der Waals surface area (Å²) in [5.41, 5.74) is 16.2. The maximum atomic E-state index is 2.40.